The number of carbonyl (C=O) groups is 1. The van der Waals surface area contributed by atoms with Crippen LogP contribution >= 0.6 is 0 Å². The van der Waals surface area contributed by atoms with Gasteiger partial charge in [-0.2, -0.15) is 5.06 Å². The number of nitrogens with one attached hydrogen (secondary N) is 1. The van der Waals surface area contributed by atoms with Crippen molar-refractivity contribution in [2.75, 3.05) is 19.6 Å². The van der Waals surface area contributed by atoms with Gasteiger partial charge in [-0.15, -0.1) is 10.2 Å². The normalized spacial score (nSPS) is 26.1. The third kappa shape index (κ3) is 4.00. The van der Waals surface area contributed by atoms with Gasteiger partial charge in [-0.1, -0.05) is 37.8 Å². The Kier molecular flexibility index (Phi) is 5.82. The SMILES string of the molecule is C.O=C1N2C[C@@H](CC[C@H]2c2nnc(CC3CCNC3)o2)N1OCc1ccccc1. The summed E-state index contributed by atoms with van der Waals surface area (Å²) < 4.78 is 5.95. The van der Waals surface area contributed by atoms with Crippen molar-refractivity contribution in [2.45, 2.75) is 51.8 Å². The molecular formula is C21H29N5O3. The van der Waals surface area contributed by atoms with Crippen LogP contribution in [0.5, 0.6) is 0 Å². The van der Waals surface area contributed by atoms with Gasteiger partial charge < -0.3 is 14.6 Å². The molecule has 1 aromatic heterocycles. The van der Waals surface area contributed by atoms with E-state index >= 15 is 0 Å². The van der Waals surface area contributed by atoms with Crippen LogP contribution < -0.4 is 5.32 Å². The number of aromatic nitrogens is 2. The zero-order valence-corrected chi connectivity index (χ0v) is 15.8. The maximum atomic E-state index is 12.9. The van der Waals surface area contributed by atoms with Crippen molar-refractivity contribution in [2.24, 2.45) is 5.92 Å². The molecular weight excluding hydrogens is 370 g/mol. The number of fused-ring (bicyclic) bond motifs is 2. The van der Waals surface area contributed by atoms with Crippen molar-refractivity contribution in [3.05, 3.63) is 47.7 Å². The van der Waals surface area contributed by atoms with Crippen molar-refractivity contribution >= 4 is 6.03 Å². The van der Waals surface area contributed by atoms with E-state index in [1.807, 2.05) is 35.2 Å². The fourth-order valence-corrected chi connectivity index (χ4v) is 4.39. The highest BCUT2D eigenvalue weighted by Gasteiger charge is 2.47. The van der Waals surface area contributed by atoms with Crippen molar-refractivity contribution in [3.63, 3.8) is 0 Å². The van der Waals surface area contributed by atoms with E-state index in [1.165, 1.54) is 5.06 Å². The first-order chi connectivity index (χ1) is 13.8. The second-order valence-electron chi connectivity index (χ2n) is 7.86. The van der Waals surface area contributed by atoms with Crippen molar-refractivity contribution in [1.29, 1.82) is 0 Å². The molecule has 29 heavy (non-hydrogen) atoms. The Morgan fingerprint density at radius 1 is 1.17 bits per heavy atom. The summed E-state index contributed by atoms with van der Waals surface area (Å²) in [5.74, 6) is 1.78. The first kappa shape index (κ1) is 19.8. The van der Waals surface area contributed by atoms with Gasteiger partial charge in [-0.25, -0.2) is 4.79 Å². The number of urea groups is 1. The zero-order valence-electron chi connectivity index (χ0n) is 15.8. The van der Waals surface area contributed by atoms with Crippen LogP contribution in [0.25, 0.3) is 0 Å². The number of hydrogen-bond donors (Lipinski definition) is 1. The van der Waals surface area contributed by atoms with Crippen LogP contribution in [-0.2, 0) is 17.9 Å². The van der Waals surface area contributed by atoms with Gasteiger partial charge in [-0.3, -0.25) is 4.84 Å². The maximum absolute atomic E-state index is 12.9. The van der Waals surface area contributed by atoms with Gasteiger partial charge in [0.1, 0.15) is 12.6 Å². The summed E-state index contributed by atoms with van der Waals surface area (Å²) in [6, 6.07) is 9.72. The number of piperidine rings is 1. The van der Waals surface area contributed by atoms with E-state index in [2.05, 4.69) is 15.5 Å². The smallest absolute Gasteiger partial charge is 0.345 e. The molecule has 8 heteroatoms. The van der Waals surface area contributed by atoms with Gasteiger partial charge in [0, 0.05) is 13.0 Å². The summed E-state index contributed by atoms with van der Waals surface area (Å²) in [4.78, 5) is 20.6. The van der Waals surface area contributed by atoms with Crippen LogP contribution in [0, 0.1) is 5.92 Å². The average molecular weight is 399 g/mol. The molecule has 2 aromatic rings. The summed E-state index contributed by atoms with van der Waals surface area (Å²) in [6.45, 7) is 3.09. The third-order valence-corrected chi connectivity index (χ3v) is 5.93. The number of nitrogens with zero attached hydrogens (tertiary/aromatic N) is 4. The molecule has 2 amide bonds. The Morgan fingerprint density at radius 2 is 2.03 bits per heavy atom. The van der Waals surface area contributed by atoms with Gasteiger partial charge in [0.15, 0.2) is 0 Å². The van der Waals surface area contributed by atoms with E-state index in [0.717, 1.165) is 44.3 Å². The van der Waals surface area contributed by atoms with Crippen molar-refractivity contribution in [3.8, 4) is 0 Å². The molecule has 8 nitrogen and oxygen atoms in total. The lowest BCUT2D eigenvalue weighted by molar-refractivity contribution is -0.140. The predicted octanol–water partition coefficient (Wildman–Crippen LogP) is 2.93. The summed E-state index contributed by atoms with van der Waals surface area (Å²) in [5, 5.41) is 13.4. The lowest BCUT2D eigenvalue weighted by Crippen LogP contribution is -2.34. The number of benzene rings is 1. The molecule has 4 heterocycles. The molecule has 1 aromatic carbocycles. The second-order valence-corrected chi connectivity index (χ2v) is 7.86. The van der Waals surface area contributed by atoms with E-state index in [9.17, 15) is 4.79 Å². The monoisotopic (exact) mass is 399 g/mol. The Balaban J connectivity index is 0.00000205. The summed E-state index contributed by atoms with van der Waals surface area (Å²) in [6.07, 6.45) is 3.62. The fraction of sp³-hybridized carbons (Fsp3) is 0.571. The molecule has 1 unspecified atom stereocenters. The zero-order chi connectivity index (χ0) is 18.9. The minimum absolute atomic E-state index is 0. The molecule has 0 spiro atoms. The Hall–Kier alpha value is -2.45. The van der Waals surface area contributed by atoms with Crippen molar-refractivity contribution in [1.82, 2.24) is 25.5 Å². The molecule has 3 fully saturated rings. The fourth-order valence-electron chi connectivity index (χ4n) is 4.39. The minimum Gasteiger partial charge on any atom is -0.423 e. The maximum Gasteiger partial charge on any atom is 0.345 e. The van der Waals surface area contributed by atoms with E-state index in [4.69, 9.17) is 9.25 Å². The summed E-state index contributed by atoms with van der Waals surface area (Å²) >= 11 is 0. The number of amides is 2. The van der Waals surface area contributed by atoms with Crippen LogP contribution in [0.15, 0.2) is 34.7 Å². The molecule has 0 saturated carbocycles. The first-order valence-electron chi connectivity index (χ1n) is 10.1. The Bertz CT molecular complexity index is 821. The molecule has 2 bridgehead atoms. The summed E-state index contributed by atoms with van der Waals surface area (Å²) in [7, 11) is 0. The molecule has 0 radical (unpaired) electrons. The molecule has 3 aliphatic rings. The van der Waals surface area contributed by atoms with Crippen LogP contribution in [0.2, 0.25) is 0 Å². The van der Waals surface area contributed by atoms with Crippen LogP contribution in [0.1, 0.15) is 50.1 Å². The predicted molar refractivity (Wildman–Crippen MR) is 107 cm³/mol. The molecule has 3 saturated heterocycles. The number of carbonyl (C=O) groups excluding carboxylic acids is 1. The van der Waals surface area contributed by atoms with Crippen LogP contribution in [-0.4, -0.2) is 51.9 Å². The average Bonchev–Trinajstić information content (AvgIpc) is 3.45. The third-order valence-electron chi connectivity index (χ3n) is 5.93. The van der Waals surface area contributed by atoms with Gasteiger partial charge in [0.2, 0.25) is 11.8 Å². The topological polar surface area (TPSA) is 83.7 Å². The largest absolute Gasteiger partial charge is 0.423 e. The Labute approximate surface area is 171 Å². The lowest BCUT2D eigenvalue weighted by Gasteiger charge is -2.27. The van der Waals surface area contributed by atoms with Crippen LogP contribution in [0.4, 0.5) is 4.79 Å². The van der Waals surface area contributed by atoms with Gasteiger partial charge in [-0.05, 0) is 43.8 Å². The van der Waals surface area contributed by atoms with Crippen molar-refractivity contribution < 1.29 is 14.0 Å². The quantitative estimate of drug-likeness (QED) is 0.804. The van der Waals surface area contributed by atoms with Gasteiger partial charge in [0.25, 0.3) is 0 Å². The second kappa shape index (κ2) is 8.51. The summed E-state index contributed by atoms with van der Waals surface area (Å²) in [5.41, 5.74) is 1.05. The Morgan fingerprint density at radius 3 is 2.83 bits per heavy atom. The minimum atomic E-state index is -0.156. The highest BCUT2D eigenvalue weighted by atomic mass is 16.7. The van der Waals surface area contributed by atoms with E-state index in [1.54, 1.807) is 0 Å². The van der Waals surface area contributed by atoms with E-state index in [-0.39, 0.29) is 25.5 Å². The number of rotatable bonds is 6. The van der Waals surface area contributed by atoms with Crippen LogP contribution in [0.3, 0.4) is 0 Å². The highest BCUT2D eigenvalue weighted by molar-refractivity contribution is 5.77. The lowest BCUT2D eigenvalue weighted by atomic mass is 10.0. The van der Waals surface area contributed by atoms with E-state index < -0.39 is 0 Å². The molecule has 3 atom stereocenters. The van der Waals surface area contributed by atoms with E-state index in [0.29, 0.717) is 30.9 Å². The molecule has 156 valence electrons. The number of hydroxylamine groups is 2. The van der Waals surface area contributed by atoms with Gasteiger partial charge >= 0.3 is 6.03 Å². The molecule has 5 rings (SSSR count). The number of hydrogen-bond acceptors (Lipinski definition) is 6. The first-order valence-corrected chi connectivity index (χ1v) is 10.1. The molecule has 1 N–H and O–H groups in total. The molecule has 3 aliphatic heterocycles. The van der Waals surface area contributed by atoms with Gasteiger partial charge in [0.05, 0.1) is 6.04 Å². The molecule has 0 aliphatic carbocycles. The standard InChI is InChI=1S/C20H25N5O3.CH4/c26-20-24-12-16(25(20)27-13-14-4-2-1-3-5-14)6-7-17(24)19-23-22-18(28-19)10-15-8-9-21-11-15;/h1-5,15-17,21H,6-13H2;1H4/t15?,16-,17+;/m1./s1. The highest BCUT2D eigenvalue weighted by Crippen LogP contribution is 2.38.